The summed E-state index contributed by atoms with van der Waals surface area (Å²) in [5.74, 6) is 1.45. The van der Waals surface area contributed by atoms with Crippen LogP contribution in [0, 0.1) is 5.82 Å². The lowest BCUT2D eigenvalue weighted by molar-refractivity contribution is -0.113. The first-order chi connectivity index (χ1) is 14.5. The average Bonchev–Trinajstić information content (AvgIpc) is 3.17. The molecule has 0 saturated heterocycles. The largest absolute Gasteiger partial charge is 0.495 e. The van der Waals surface area contributed by atoms with Gasteiger partial charge in [-0.2, -0.15) is 0 Å². The number of ether oxygens (including phenoxy) is 2. The number of nitrogens with zero attached hydrogens (tertiary/aromatic N) is 3. The van der Waals surface area contributed by atoms with Gasteiger partial charge in [0, 0.05) is 6.54 Å². The van der Waals surface area contributed by atoms with Crippen molar-refractivity contribution in [1.82, 2.24) is 14.8 Å². The number of carbonyl (C=O) groups is 1. The quantitative estimate of drug-likeness (QED) is 0.510. The molecule has 0 radical (unpaired) electrons. The Morgan fingerprint density at radius 1 is 1.20 bits per heavy atom. The van der Waals surface area contributed by atoms with E-state index in [1.807, 2.05) is 30.5 Å². The Balaban J connectivity index is 1.63. The highest BCUT2D eigenvalue weighted by Crippen LogP contribution is 2.26. The topological polar surface area (TPSA) is 78.3 Å². The van der Waals surface area contributed by atoms with Crippen LogP contribution in [0.3, 0.4) is 0 Å². The van der Waals surface area contributed by atoms with Gasteiger partial charge in [0.1, 0.15) is 17.3 Å². The lowest BCUT2D eigenvalue weighted by Crippen LogP contribution is -2.16. The minimum atomic E-state index is -0.389. The smallest absolute Gasteiger partial charge is 0.234 e. The number of amides is 1. The van der Waals surface area contributed by atoms with Gasteiger partial charge in [0.15, 0.2) is 17.1 Å². The summed E-state index contributed by atoms with van der Waals surface area (Å²) in [6.07, 6.45) is -0.389. The number of hydrogen-bond acceptors (Lipinski definition) is 6. The molecule has 0 saturated carbocycles. The van der Waals surface area contributed by atoms with E-state index in [-0.39, 0.29) is 23.6 Å². The normalized spacial score (nSPS) is 11.7. The van der Waals surface area contributed by atoms with Crippen molar-refractivity contribution >= 4 is 23.4 Å². The molecule has 7 nitrogen and oxygen atoms in total. The maximum atomic E-state index is 13.1. The zero-order valence-corrected chi connectivity index (χ0v) is 17.8. The van der Waals surface area contributed by atoms with Crippen LogP contribution in [0.15, 0.2) is 53.7 Å². The van der Waals surface area contributed by atoms with E-state index in [1.165, 1.54) is 23.9 Å². The Labute approximate surface area is 178 Å². The number of para-hydroxylation sites is 2. The fourth-order valence-corrected chi connectivity index (χ4v) is 3.65. The number of hydrogen-bond donors (Lipinski definition) is 1. The first kappa shape index (κ1) is 21.6. The van der Waals surface area contributed by atoms with Crippen molar-refractivity contribution in [3.63, 3.8) is 0 Å². The van der Waals surface area contributed by atoms with Gasteiger partial charge in [-0.3, -0.25) is 4.79 Å². The average molecular weight is 431 g/mol. The van der Waals surface area contributed by atoms with E-state index < -0.39 is 0 Å². The second-order valence-corrected chi connectivity index (χ2v) is 7.28. The maximum absolute atomic E-state index is 13.1. The van der Waals surface area contributed by atoms with Crippen molar-refractivity contribution < 1.29 is 18.7 Å². The zero-order valence-electron chi connectivity index (χ0n) is 17.0. The molecule has 0 fully saturated rings. The standard InChI is InChI=1S/C21H23FN4O3S/c1-4-26-20(14(2)29-16-11-9-15(22)10-12-16)24-25-21(26)30-13-19(27)23-17-7-5-6-8-18(17)28-3/h5-12,14H,4,13H2,1-3H3,(H,23,27). The molecule has 1 amide bonds. The Kier molecular flexibility index (Phi) is 7.29. The molecule has 0 aliphatic heterocycles. The molecule has 1 atom stereocenters. The molecule has 30 heavy (non-hydrogen) atoms. The Hall–Kier alpha value is -3.07. The minimum Gasteiger partial charge on any atom is -0.495 e. The number of carbonyl (C=O) groups excluding carboxylic acids is 1. The molecule has 0 spiro atoms. The number of benzene rings is 2. The molecule has 1 heterocycles. The summed E-state index contributed by atoms with van der Waals surface area (Å²) >= 11 is 1.29. The predicted molar refractivity (Wildman–Crippen MR) is 113 cm³/mol. The van der Waals surface area contributed by atoms with Crippen LogP contribution in [0.1, 0.15) is 25.8 Å². The lowest BCUT2D eigenvalue weighted by atomic mass is 10.3. The highest BCUT2D eigenvalue weighted by atomic mass is 32.2. The highest BCUT2D eigenvalue weighted by molar-refractivity contribution is 7.99. The Bertz CT molecular complexity index is 994. The summed E-state index contributed by atoms with van der Waals surface area (Å²) in [5, 5.41) is 11.9. The van der Waals surface area contributed by atoms with Crippen LogP contribution >= 0.6 is 11.8 Å². The van der Waals surface area contributed by atoms with Crippen LogP contribution in [-0.4, -0.2) is 33.5 Å². The molecule has 3 aromatic rings. The number of rotatable bonds is 9. The van der Waals surface area contributed by atoms with E-state index in [1.54, 1.807) is 31.4 Å². The summed E-state index contributed by atoms with van der Waals surface area (Å²) in [5.41, 5.74) is 0.615. The fourth-order valence-electron chi connectivity index (χ4n) is 2.84. The lowest BCUT2D eigenvalue weighted by Gasteiger charge is -2.15. The van der Waals surface area contributed by atoms with E-state index >= 15 is 0 Å². The zero-order chi connectivity index (χ0) is 21.5. The number of aromatic nitrogens is 3. The van der Waals surface area contributed by atoms with E-state index in [9.17, 15) is 9.18 Å². The van der Waals surface area contributed by atoms with Crippen molar-refractivity contribution in [2.75, 3.05) is 18.2 Å². The molecule has 2 aromatic carbocycles. The molecule has 9 heteroatoms. The van der Waals surface area contributed by atoms with E-state index in [4.69, 9.17) is 9.47 Å². The third kappa shape index (κ3) is 5.29. The molecule has 0 aliphatic carbocycles. The van der Waals surface area contributed by atoms with Crippen molar-refractivity contribution in [2.24, 2.45) is 0 Å². The minimum absolute atomic E-state index is 0.170. The molecule has 0 bridgehead atoms. The van der Waals surface area contributed by atoms with Crippen molar-refractivity contribution in [3.8, 4) is 11.5 Å². The van der Waals surface area contributed by atoms with Crippen molar-refractivity contribution in [1.29, 1.82) is 0 Å². The number of halogens is 1. The van der Waals surface area contributed by atoms with E-state index in [0.717, 1.165) is 0 Å². The van der Waals surface area contributed by atoms with Gasteiger partial charge >= 0.3 is 0 Å². The Morgan fingerprint density at radius 2 is 1.93 bits per heavy atom. The van der Waals surface area contributed by atoms with Crippen LogP contribution in [0.5, 0.6) is 11.5 Å². The number of anilines is 1. The second-order valence-electron chi connectivity index (χ2n) is 6.34. The van der Waals surface area contributed by atoms with Crippen molar-refractivity contribution in [3.05, 3.63) is 60.2 Å². The number of methoxy groups -OCH3 is 1. The fraction of sp³-hybridized carbons (Fsp3) is 0.286. The summed E-state index contributed by atoms with van der Waals surface area (Å²) in [6, 6.07) is 13.0. The third-order valence-corrected chi connectivity index (χ3v) is 5.23. The number of thioether (sulfide) groups is 1. The molecule has 3 rings (SSSR count). The highest BCUT2D eigenvalue weighted by Gasteiger charge is 2.19. The van der Waals surface area contributed by atoms with Gasteiger partial charge in [0.25, 0.3) is 0 Å². The summed E-state index contributed by atoms with van der Waals surface area (Å²) in [6.45, 7) is 4.44. The molecule has 1 aromatic heterocycles. The van der Waals surface area contributed by atoms with Gasteiger partial charge in [-0.15, -0.1) is 10.2 Å². The SMILES string of the molecule is CCn1c(SCC(=O)Nc2ccccc2OC)nnc1C(C)Oc1ccc(F)cc1. The van der Waals surface area contributed by atoms with Gasteiger partial charge < -0.3 is 19.4 Å². The molecular formula is C21H23FN4O3S. The van der Waals surface area contributed by atoms with Gasteiger partial charge in [-0.1, -0.05) is 23.9 Å². The van der Waals surface area contributed by atoms with Crippen LogP contribution < -0.4 is 14.8 Å². The maximum Gasteiger partial charge on any atom is 0.234 e. The van der Waals surface area contributed by atoms with E-state index in [2.05, 4.69) is 15.5 Å². The van der Waals surface area contributed by atoms with Crippen LogP contribution in [0.25, 0.3) is 0 Å². The van der Waals surface area contributed by atoms with Crippen LogP contribution in [0.4, 0.5) is 10.1 Å². The van der Waals surface area contributed by atoms with Gasteiger partial charge in [-0.05, 0) is 50.2 Å². The van der Waals surface area contributed by atoms with Gasteiger partial charge in [0.2, 0.25) is 5.91 Å². The first-order valence-electron chi connectivity index (χ1n) is 9.42. The van der Waals surface area contributed by atoms with Crippen LogP contribution in [0.2, 0.25) is 0 Å². The summed E-state index contributed by atoms with van der Waals surface area (Å²) in [4.78, 5) is 12.4. The number of nitrogens with one attached hydrogen (secondary N) is 1. The molecule has 158 valence electrons. The van der Waals surface area contributed by atoms with Gasteiger partial charge in [-0.25, -0.2) is 4.39 Å². The van der Waals surface area contributed by atoms with Crippen LogP contribution in [-0.2, 0) is 11.3 Å². The Morgan fingerprint density at radius 3 is 2.63 bits per heavy atom. The third-order valence-electron chi connectivity index (χ3n) is 4.27. The van der Waals surface area contributed by atoms with Gasteiger partial charge in [0.05, 0.1) is 18.6 Å². The predicted octanol–water partition coefficient (Wildman–Crippen LogP) is 4.32. The van der Waals surface area contributed by atoms with Crippen molar-refractivity contribution in [2.45, 2.75) is 31.7 Å². The molecule has 1 unspecified atom stereocenters. The second kappa shape index (κ2) is 10.1. The first-order valence-corrected chi connectivity index (χ1v) is 10.4. The molecule has 1 N–H and O–H groups in total. The summed E-state index contributed by atoms with van der Waals surface area (Å²) < 4.78 is 26.1. The monoisotopic (exact) mass is 430 g/mol. The molecular weight excluding hydrogens is 407 g/mol. The molecule has 0 aliphatic rings. The van der Waals surface area contributed by atoms with E-state index in [0.29, 0.717) is 34.7 Å². The summed E-state index contributed by atoms with van der Waals surface area (Å²) in [7, 11) is 1.56.